The molecule has 1 atom stereocenters. The number of benzene rings is 2. The Bertz CT molecular complexity index is 1140. The lowest BCUT2D eigenvalue weighted by Crippen LogP contribution is -2.37. The number of thioether (sulfide) groups is 2. The number of carbonyl (C=O) groups excluding carboxylic acids is 2. The summed E-state index contributed by atoms with van der Waals surface area (Å²) in [5.74, 6) is -0.235. The zero-order chi connectivity index (χ0) is 22.7. The van der Waals surface area contributed by atoms with Crippen LogP contribution in [-0.2, 0) is 9.59 Å². The molecule has 2 aromatic carbocycles. The van der Waals surface area contributed by atoms with Crippen molar-refractivity contribution >= 4 is 74.3 Å². The van der Waals surface area contributed by atoms with Gasteiger partial charge in [0.2, 0.25) is 5.91 Å². The molecule has 0 bridgehead atoms. The molecule has 7 nitrogen and oxygen atoms in total. The molecule has 2 aromatic rings. The molecule has 2 aliphatic rings. The summed E-state index contributed by atoms with van der Waals surface area (Å²) in [5, 5.41) is 2.03. The van der Waals surface area contributed by atoms with Gasteiger partial charge < -0.3 is 10.1 Å². The third-order valence-electron chi connectivity index (χ3n) is 4.39. The van der Waals surface area contributed by atoms with Crippen molar-refractivity contribution in [3.05, 3.63) is 54.3 Å². The Kier molecular flexibility index (Phi) is 6.87. The number of thiocarbonyl (C=S) groups is 1. The summed E-state index contributed by atoms with van der Waals surface area (Å²) in [6, 6.07) is 13.2. The van der Waals surface area contributed by atoms with Gasteiger partial charge in [0.25, 0.3) is 5.91 Å². The van der Waals surface area contributed by atoms with Crippen molar-refractivity contribution in [3.63, 3.8) is 0 Å². The minimum absolute atomic E-state index is 0.0808. The Morgan fingerprint density at radius 1 is 1.25 bits per heavy atom. The summed E-state index contributed by atoms with van der Waals surface area (Å²) in [6.07, 6.45) is 0. The molecule has 0 aliphatic carbocycles. The molecule has 1 N–H and O–H groups in total. The molecule has 164 valence electrons. The van der Waals surface area contributed by atoms with Crippen LogP contribution in [0.2, 0.25) is 0 Å². The minimum Gasteiger partial charge on any atom is -0.494 e. The van der Waals surface area contributed by atoms with Crippen LogP contribution in [0.4, 0.5) is 15.8 Å². The fourth-order valence-electron chi connectivity index (χ4n) is 3.00. The van der Waals surface area contributed by atoms with Gasteiger partial charge in [-0.3, -0.25) is 14.5 Å². The van der Waals surface area contributed by atoms with Crippen LogP contribution in [0.3, 0.4) is 0 Å². The highest BCUT2D eigenvalue weighted by Gasteiger charge is 2.43. The van der Waals surface area contributed by atoms with E-state index in [1.54, 1.807) is 11.0 Å². The molecule has 11 heteroatoms. The molecule has 32 heavy (non-hydrogen) atoms. The van der Waals surface area contributed by atoms with Crippen molar-refractivity contribution in [2.45, 2.75) is 12.2 Å². The smallest absolute Gasteiger partial charge is 0.269 e. The molecular formula is C21H17FN4O3S3. The summed E-state index contributed by atoms with van der Waals surface area (Å²) in [6.45, 7) is 2.46. The van der Waals surface area contributed by atoms with Crippen LogP contribution in [-0.4, -0.2) is 44.7 Å². The number of anilines is 2. The molecule has 0 aromatic heterocycles. The average molecular weight is 489 g/mol. The predicted octanol–water partition coefficient (Wildman–Crippen LogP) is 4.10. The van der Waals surface area contributed by atoms with Gasteiger partial charge in [-0.05, 0) is 43.3 Å². The first-order chi connectivity index (χ1) is 15.5. The van der Waals surface area contributed by atoms with Crippen molar-refractivity contribution in [2.24, 2.45) is 9.98 Å². The van der Waals surface area contributed by atoms with Crippen LogP contribution in [0.15, 0.2) is 58.5 Å². The minimum atomic E-state index is -0.620. The molecule has 4 rings (SSSR count). The van der Waals surface area contributed by atoms with Crippen molar-refractivity contribution < 1.29 is 18.7 Å². The summed E-state index contributed by atoms with van der Waals surface area (Å²) in [5.41, 5.74) is 0.842. The summed E-state index contributed by atoms with van der Waals surface area (Å²) in [7, 11) is 0. The fraction of sp³-hybridized carbons (Fsp3) is 0.190. The molecule has 0 radical (unpaired) electrons. The van der Waals surface area contributed by atoms with E-state index in [0.29, 0.717) is 16.8 Å². The van der Waals surface area contributed by atoms with Crippen molar-refractivity contribution in [1.82, 2.24) is 0 Å². The highest BCUT2D eigenvalue weighted by molar-refractivity contribution is 8.25. The Balaban J connectivity index is 1.48. The molecule has 0 saturated carbocycles. The van der Waals surface area contributed by atoms with Gasteiger partial charge in [0.05, 0.1) is 18.0 Å². The number of carbonyl (C=O) groups is 2. The maximum absolute atomic E-state index is 13.7. The number of hydrogen-bond donors (Lipinski definition) is 1. The number of amides is 2. The van der Waals surface area contributed by atoms with Crippen molar-refractivity contribution in [1.29, 1.82) is 0 Å². The van der Waals surface area contributed by atoms with E-state index in [2.05, 4.69) is 15.3 Å². The van der Waals surface area contributed by atoms with E-state index in [0.717, 1.165) is 23.2 Å². The Labute approximate surface area is 197 Å². The molecule has 1 unspecified atom stereocenters. The standard InChI is InChI=1S/C21H17FN4O3S3/c1-2-29-13-9-7-12(8-10-13)26-18-17(32-21(26)30)19(28)25-20(24-18)31-11-16(27)23-15-6-4-3-5-14(15)22/h3-10,17H,2,11H2,1H3,(H,23,27). The maximum Gasteiger partial charge on any atom is 0.269 e. The molecule has 2 amide bonds. The highest BCUT2D eigenvalue weighted by Crippen LogP contribution is 2.36. The van der Waals surface area contributed by atoms with Gasteiger partial charge in [-0.2, -0.15) is 4.99 Å². The number of halogens is 1. The van der Waals surface area contributed by atoms with Crippen LogP contribution in [0.1, 0.15) is 6.92 Å². The first-order valence-electron chi connectivity index (χ1n) is 9.58. The van der Waals surface area contributed by atoms with E-state index >= 15 is 0 Å². The number of fused-ring (bicyclic) bond motifs is 1. The molecule has 1 fully saturated rings. The SMILES string of the molecule is CCOc1ccc(N2C(=S)SC3C(=O)N=C(SCC(=O)Nc4ccccc4F)N=C32)cc1. The lowest BCUT2D eigenvalue weighted by Gasteiger charge is -2.21. The number of rotatable bonds is 6. The fourth-order valence-corrected chi connectivity index (χ4v) is 5.06. The van der Waals surface area contributed by atoms with E-state index in [1.165, 1.54) is 30.0 Å². The number of nitrogens with zero attached hydrogens (tertiary/aromatic N) is 3. The molecule has 2 aliphatic heterocycles. The third-order valence-corrected chi connectivity index (χ3v) is 6.74. The largest absolute Gasteiger partial charge is 0.494 e. The highest BCUT2D eigenvalue weighted by atomic mass is 32.2. The van der Waals surface area contributed by atoms with E-state index < -0.39 is 17.0 Å². The second-order valence-corrected chi connectivity index (χ2v) is 9.23. The number of nitrogens with one attached hydrogen (secondary N) is 1. The normalized spacial score (nSPS) is 17.6. The topological polar surface area (TPSA) is 83.4 Å². The van der Waals surface area contributed by atoms with E-state index in [4.69, 9.17) is 17.0 Å². The van der Waals surface area contributed by atoms with Gasteiger partial charge >= 0.3 is 0 Å². The lowest BCUT2D eigenvalue weighted by atomic mass is 10.2. The molecule has 1 saturated heterocycles. The Hall–Kier alpha value is -2.76. The van der Waals surface area contributed by atoms with E-state index in [9.17, 15) is 14.0 Å². The summed E-state index contributed by atoms with van der Waals surface area (Å²) < 4.78 is 19.7. The average Bonchev–Trinajstić information content (AvgIpc) is 3.11. The zero-order valence-electron chi connectivity index (χ0n) is 16.8. The van der Waals surface area contributed by atoms with Crippen molar-refractivity contribution in [3.8, 4) is 5.75 Å². The Morgan fingerprint density at radius 3 is 2.72 bits per heavy atom. The lowest BCUT2D eigenvalue weighted by molar-refractivity contribution is -0.116. The van der Waals surface area contributed by atoms with Gasteiger partial charge in [0.1, 0.15) is 21.7 Å². The van der Waals surface area contributed by atoms with Crippen LogP contribution in [0.25, 0.3) is 0 Å². The maximum atomic E-state index is 13.7. The van der Waals surface area contributed by atoms with Gasteiger partial charge in [0, 0.05) is 5.69 Å². The van der Waals surface area contributed by atoms with Gasteiger partial charge in [-0.1, -0.05) is 47.9 Å². The van der Waals surface area contributed by atoms with Gasteiger partial charge in [0.15, 0.2) is 10.4 Å². The van der Waals surface area contributed by atoms with Crippen LogP contribution < -0.4 is 15.0 Å². The molecule has 0 spiro atoms. The third kappa shape index (κ3) is 4.84. The van der Waals surface area contributed by atoms with Crippen LogP contribution in [0.5, 0.6) is 5.75 Å². The van der Waals surface area contributed by atoms with E-state index in [1.807, 2.05) is 31.2 Å². The zero-order valence-corrected chi connectivity index (χ0v) is 19.2. The first-order valence-corrected chi connectivity index (χ1v) is 11.9. The molecular weight excluding hydrogens is 471 g/mol. The molecule has 2 heterocycles. The number of hydrogen-bond acceptors (Lipinski definition) is 7. The van der Waals surface area contributed by atoms with Gasteiger partial charge in [-0.25, -0.2) is 9.38 Å². The summed E-state index contributed by atoms with van der Waals surface area (Å²) in [4.78, 5) is 35.0. The second kappa shape index (κ2) is 9.80. The number of para-hydroxylation sites is 1. The van der Waals surface area contributed by atoms with Gasteiger partial charge in [-0.15, -0.1) is 0 Å². The number of ether oxygens (including phenoxy) is 1. The van der Waals surface area contributed by atoms with Crippen LogP contribution in [0, 0.1) is 5.82 Å². The second-order valence-electron chi connectivity index (χ2n) is 6.55. The van der Waals surface area contributed by atoms with Crippen molar-refractivity contribution in [2.75, 3.05) is 22.6 Å². The monoisotopic (exact) mass is 488 g/mol. The first kappa shape index (κ1) is 22.4. The number of aliphatic imine (C=N–C) groups is 2. The van der Waals surface area contributed by atoms with Crippen LogP contribution >= 0.6 is 35.7 Å². The van der Waals surface area contributed by atoms with E-state index in [-0.39, 0.29) is 22.5 Å². The predicted molar refractivity (Wildman–Crippen MR) is 131 cm³/mol. The Morgan fingerprint density at radius 2 is 2.00 bits per heavy atom. The quantitative estimate of drug-likeness (QED) is 0.613. The summed E-state index contributed by atoms with van der Waals surface area (Å²) >= 11 is 7.68. The number of amidine groups is 2.